The van der Waals surface area contributed by atoms with Gasteiger partial charge in [-0.05, 0) is 54.0 Å². The van der Waals surface area contributed by atoms with Gasteiger partial charge in [0.2, 0.25) is 0 Å². The van der Waals surface area contributed by atoms with Crippen LogP contribution >= 0.6 is 0 Å². The summed E-state index contributed by atoms with van der Waals surface area (Å²) in [6.07, 6.45) is 4.04. The monoisotopic (exact) mass is 576 g/mol. The van der Waals surface area contributed by atoms with E-state index in [2.05, 4.69) is 5.32 Å². The van der Waals surface area contributed by atoms with Crippen LogP contribution in [0.1, 0.15) is 54.0 Å². The lowest BCUT2D eigenvalue weighted by molar-refractivity contribution is -0.159. The molecule has 4 N–H and O–H groups in total. The second kappa shape index (κ2) is 14.5. The standard InChI is InChI=1S/C30H34N2O4.C2H2O4/c1-32(30(34)36-20-22-11-6-3-7-12-22)28-24-15-17-26(31-23-13-8-14-23)29(33)25(24)16-18-27(28)35-19-21-9-4-2-5-10-21;3-1(4)2(5)6/h2-7,9-12,16,18,23,26,29,31,33H,8,13-15,17,19-20H2,1H3;(H,3,4)(H,5,6)/t26-,29-;/m1./s1. The molecule has 2 atom stereocenters. The van der Waals surface area contributed by atoms with Crippen LogP contribution in [-0.2, 0) is 34.0 Å². The molecule has 5 rings (SSSR count). The van der Waals surface area contributed by atoms with Gasteiger partial charge in [0.05, 0.1) is 11.8 Å². The Hall–Kier alpha value is -4.41. The van der Waals surface area contributed by atoms with Crippen LogP contribution in [0.15, 0.2) is 72.8 Å². The number of carboxylic acid groups (broad SMARTS) is 2. The van der Waals surface area contributed by atoms with Crippen LogP contribution in [0, 0.1) is 0 Å². The quantitative estimate of drug-likeness (QED) is 0.281. The fourth-order valence-electron chi connectivity index (χ4n) is 5.02. The molecule has 0 saturated heterocycles. The number of aliphatic carboxylic acids is 2. The molecule has 0 aliphatic heterocycles. The first-order valence-corrected chi connectivity index (χ1v) is 13.9. The van der Waals surface area contributed by atoms with Crippen molar-refractivity contribution in [3.05, 3.63) is 95.1 Å². The summed E-state index contributed by atoms with van der Waals surface area (Å²) in [4.78, 5) is 32.9. The molecule has 42 heavy (non-hydrogen) atoms. The third-order valence-corrected chi connectivity index (χ3v) is 7.48. The van der Waals surface area contributed by atoms with Crippen LogP contribution in [0.4, 0.5) is 10.5 Å². The zero-order valence-electron chi connectivity index (χ0n) is 23.4. The molecule has 0 heterocycles. The van der Waals surface area contributed by atoms with Gasteiger partial charge in [0.1, 0.15) is 19.0 Å². The number of aliphatic hydroxyl groups excluding tert-OH is 1. The van der Waals surface area contributed by atoms with Crippen LogP contribution in [0.2, 0.25) is 0 Å². The SMILES string of the molecule is CN(C(=O)OCc1ccccc1)c1c(OCc2ccccc2)ccc2c1CC[C@@H](NC1CCC1)[C@@H]2O.O=C(O)C(=O)O. The van der Waals surface area contributed by atoms with E-state index in [0.717, 1.165) is 35.1 Å². The highest BCUT2D eigenvalue weighted by molar-refractivity contribution is 6.27. The number of carbonyl (C=O) groups is 3. The number of carboxylic acids is 2. The Kier molecular flexibility index (Phi) is 10.5. The topological polar surface area (TPSA) is 146 Å². The van der Waals surface area contributed by atoms with Gasteiger partial charge in [-0.1, -0.05) is 73.2 Å². The summed E-state index contributed by atoms with van der Waals surface area (Å²) in [6.45, 7) is 0.573. The maximum atomic E-state index is 13.1. The lowest BCUT2D eigenvalue weighted by Gasteiger charge is -2.38. The number of carbonyl (C=O) groups excluding carboxylic acids is 1. The van der Waals surface area contributed by atoms with Crippen molar-refractivity contribution in [3.63, 3.8) is 0 Å². The number of nitrogens with one attached hydrogen (secondary N) is 1. The Morgan fingerprint density at radius 2 is 1.45 bits per heavy atom. The number of hydrogen-bond donors (Lipinski definition) is 4. The minimum Gasteiger partial charge on any atom is -0.487 e. The summed E-state index contributed by atoms with van der Waals surface area (Å²) < 4.78 is 11.9. The Morgan fingerprint density at radius 3 is 2.00 bits per heavy atom. The van der Waals surface area contributed by atoms with Gasteiger partial charge in [-0.2, -0.15) is 0 Å². The van der Waals surface area contributed by atoms with Crippen molar-refractivity contribution in [1.82, 2.24) is 5.32 Å². The van der Waals surface area contributed by atoms with Crippen LogP contribution in [0.5, 0.6) is 5.75 Å². The van der Waals surface area contributed by atoms with E-state index in [4.69, 9.17) is 29.3 Å². The molecule has 2 aliphatic carbocycles. The van der Waals surface area contributed by atoms with E-state index in [9.17, 15) is 9.90 Å². The number of hydrogen-bond acceptors (Lipinski definition) is 7. The summed E-state index contributed by atoms with van der Waals surface area (Å²) in [5.74, 6) is -3.04. The van der Waals surface area contributed by atoms with E-state index in [0.29, 0.717) is 24.1 Å². The van der Waals surface area contributed by atoms with Crippen molar-refractivity contribution in [2.75, 3.05) is 11.9 Å². The number of benzene rings is 3. The molecular formula is C32H36N2O8. The number of rotatable bonds is 8. The zero-order valence-corrected chi connectivity index (χ0v) is 23.4. The van der Waals surface area contributed by atoms with Crippen LogP contribution < -0.4 is 15.0 Å². The van der Waals surface area contributed by atoms with Gasteiger partial charge in [-0.15, -0.1) is 0 Å². The highest BCUT2D eigenvalue weighted by Crippen LogP contribution is 2.42. The average molecular weight is 577 g/mol. The summed E-state index contributed by atoms with van der Waals surface area (Å²) >= 11 is 0. The van der Waals surface area contributed by atoms with Crippen molar-refractivity contribution in [2.45, 2.75) is 63.5 Å². The van der Waals surface area contributed by atoms with Crippen LogP contribution in [-0.4, -0.2) is 52.5 Å². The number of ether oxygens (including phenoxy) is 2. The predicted molar refractivity (Wildman–Crippen MR) is 155 cm³/mol. The molecule has 1 saturated carbocycles. The van der Waals surface area contributed by atoms with Crippen molar-refractivity contribution >= 4 is 23.7 Å². The molecule has 0 unspecified atom stereocenters. The Morgan fingerprint density at radius 1 is 0.857 bits per heavy atom. The average Bonchev–Trinajstić information content (AvgIpc) is 2.98. The molecule has 3 aromatic carbocycles. The first-order chi connectivity index (χ1) is 20.2. The molecule has 222 valence electrons. The highest BCUT2D eigenvalue weighted by Gasteiger charge is 2.34. The molecule has 0 bridgehead atoms. The molecule has 0 aromatic heterocycles. The lowest BCUT2D eigenvalue weighted by atomic mass is 9.82. The van der Waals surface area contributed by atoms with Crippen molar-refractivity contribution in [3.8, 4) is 5.75 Å². The Bertz CT molecular complexity index is 1350. The first kappa shape index (κ1) is 30.5. The molecule has 10 heteroatoms. The molecule has 3 aromatic rings. The molecule has 1 fully saturated rings. The van der Waals surface area contributed by atoms with Gasteiger partial charge < -0.3 is 30.1 Å². The van der Waals surface area contributed by atoms with E-state index < -0.39 is 24.1 Å². The van der Waals surface area contributed by atoms with Crippen molar-refractivity contribution < 1.29 is 39.2 Å². The highest BCUT2D eigenvalue weighted by atomic mass is 16.6. The van der Waals surface area contributed by atoms with E-state index in [1.165, 1.54) is 24.2 Å². The van der Waals surface area contributed by atoms with Gasteiger partial charge in [-0.25, -0.2) is 14.4 Å². The molecule has 0 radical (unpaired) electrons. The molecule has 0 spiro atoms. The second-order valence-corrected chi connectivity index (χ2v) is 10.3. The van der Waals surface area contributed by atoms with E-state index in [1.54, 1.807) is 7.05 Å². The van der Waals surface area contributed by atoms with Gasteiger partial charge in [0.25, 0.3) is 0 Å². The number of fused-ring (bicyclic) bond motifs is 1. The smallest absolute Gasteiger partial charge is 0.414 e. The van der Waals surface area contributed by atoms with Gasteiger partial charge >= 0.3 is 18.0 Å². The summed E-state index contributed by atoms with van der Waals surface area (Å²) in [5, 5.41) is 29.7. The first-order valence-electron chi connectivity index (χ1n) is 13.9. The maximum Gasteiger partial charge on any atom is 0.414 e. The van der Waals surface area contributed by atoms with E-state index in [-0.39, 0.29) is 12.6 Å². The molecule has 1 amide bonds. The zero-order chi connectivity index (χ0) is 30.1. The number of anilines is 1. The fraction of sp³-hybridized carbons (Fsp3) is 0.344. The fourth-order valence-corrected chi connectivity index (χ4v) is 5.02. The minimum atomic E-state index is -1.82. The van der Waals surface area contributed by atoms with Gasteiger partial charge in [-0.3, -0.25) is 4.90 Å². The van der Waals surface area contributed by atoms with Crippen molar-refractivity contribution in [1.29, 1.82) is 0 Å². The Labute approximate surface area is 244 Å². The van der Waals surface area contributed by atoms with Crippen LogP contribution in [0.3, 0.4) is 0 Å². The lowest BCUT2D eigenvalue weighted by Crippen LogP contribution is -2.47. The number of nitrogens with zero attached hydrogens (tertiary/aromatic N) is 1. The normalized spacial score (nSPS) is 17.5. The largest absolute Gasteiger partial charge is 0.487 e. The van der Waals surface area contributed by atoms with E-state index >= 15 is 0 Å². The van der Waals surface area contributed by atoms with Gasteiger partial charge in [0, 0.05) is 19.1 Å². The maximum absolute atomic E-state index is 13.1. The number of aliphatic hydroxyl groups is 1. The van der Waals surface area contributed by atoms with Gasteiger partial charge in [0.15, 0.2) is 0 Å². The number of amides is 1. The minimum absolute atomic E-state index is 0.0158. The Balaban J connectivity index is 0.000000612. The summed E-state index contributed by atoms with van der Waals surface area (Å²) in [7, 11) is 1.71. The predicted octanol–water partition coefficient (Wildman–Crippen LogP) is 4.68. The molecular weight excluding hydrogens is 540 g/mol. The second-order valence-electron chi connectivity index (χ2n) is 10.3. The molecule has 10 nitrogen and oxygen atoms in total. The van der Waals surface area contributed by atoms with Crippen LogP contribution in [0.25, 0.3) is 0 Å². The summed E-state index contributed by atoms with van der Waals surface area (Å²) in [6, 6.07) is 23.9. The van der Waals surface area contributed by atoms with E-state index in [1.807, 2.05) is 72.8 Å². The molecule has 2 aliphatic rings. The third-order valence-electron chi connectivity index (χ3n) is 7.48. The third kappa shape index (κ3) is 7.86. The summed E-state index contributed by atoms with van der Waals surface area (Å²) in [5.41, 5.74) is 4.43. The van der Waals surface area contributed by atoms with Crippen molar-refractivity contribution in [2.24, 2.45) is 0 Å².